The van der Waals surface area contributed by atoms with Crippen LogP contribution in [0.25, 0.3) is 0 Å². The number of hydrogen-bond donors (Lipinski definition) is 1. The van der Waals surface area contributed by atoms with Gasteiger partial charge in [-0.05, 0) is 43.6 Å². The Balaban J connectivity index is 1.44. The zero-order valence-electron chi connectivity index (χ0n) is 13.5. The van der Waals surface area contributed by atoms with E-state index >= 15 is 0 Å². The van der Waals surface area contributed by atoms with Crippen LogP contribution in [0.3, 0.4) is 0 Å². The maximum atomic E-state index is 13.8. The molecule has 3 rings (SSSR count). The summed E-state index contributed by atoms with van der Waals surface area (Å²) in [6.07, 6.45) is 1.69. The van der Waals surface area contributed by atoms with E-state index in [1.807, 2.05) is 11.4 Å². The van der Waals surface area contributed by atoms with E-state index in [9.17, 15) is 9.18 Å². The first-order valence-corrected chi connectivity index (χ1v) is 9.29. The van der Waals surface area contributed by atoms with Gasteiger partial charge in [0.25, 0.3) is 0 Å². The second-order valence-corrected chi connectivity index (χ2v) is 7.69. The third-order valence-corrected chi connectivity index (χ3v) is 5.44. The Kier molecular flexibility index (Phi) is 5.67. The highest BCUT2D eigenvalue weighted by molar-refractivity contribution is 7.09. The summed E-state index contributed by atoms with van der Waals surface area (Å²) in [5, 5.41) is 4.97. The lowest BCUT2D eigenvalue weighted by Crippen LogP contribution is -2.43. The number of nitrogens with one attached hydrogen (secondary N) is 1. The van der Waals surface area contributed by atoms with Gasteiger partial charge in [-0.1, -0.05) is 6.07 Å². The molecule has 1 aromatic heterocycles. The molecule has 1 saturated heterocycles. The zero-order valence-corrected chi connectivity index (χ0v) is 14.4. The summed E-state index contributed by atoms with van der Waals surface area (Å²) in [5.41, 5.74) is 0. The molecule has 1 amide bonds. The lowest BCUT2D eigenvalue weighted by molar-refractivity contribution is -0.132. The Morgan fingerprint density at radius 2 is 2.39 bits per heavy atom. The summed E-state index contributed by atoms with van der Waals surface area (Å²) in [6, 6.07) is 4.14. The Labute approximate surface area is 141 Å². The largest absolute Gasteiger partial charge is 0.368 e. The number of thiophene rings is 1. The van der Waals surface area contributed by atoms with Gasteiger partial charge in [-0.25, -0.2) is 4.39 Å². The Bertz CT molecular complexity index is 507. The molecule has 1 aliphatic heterocycles. The average Bonchev–Trinajstić information content (AvgIpc) is 3.10. The minimum absolute atomic E-state index is 0.0617. The minimum Gasteiger partial charge on any atom is -0.368 e. The third-order valence-electron chi connectivity index (χ3n) is 4.58. The van der Waals surface area contributed by atoms with E-state index in [2.05, 4.69) is 16.3 Å². The lowest BCUT2D eigenvalue weighted by atomic mass is 10.2. The first-order valence-electron chi connectivity index (χ1n) is 8.41. The van der Waals surface area contributed by atoms with Gasteiger partial charge in [0.1, 0.15) is 12.3 Å². The highest BCUT2D eigenvalue weighted by Crippen LogP contribution is 2.29. The maximum absolute atomic E-state index is 13.8. The number of carbonyl (C=O) groups is 1. The van der Waals surface area contributed by atoms with E-state index in [-0.39, 0.29) is 11.9 Å². The molecule has 0 unspecified atom stereocenters. The van der Waals surface area contributed by atoms with Crippen molar-refractivity contribution >= 4 is 17.2 Å². The van der Waals surface area contributed by atoms with Gasteiger partial charge in [-0.2, -0.15) is 0 Å². The van der Waals surface area contributed by atoms with Gasteiger partial charge in [-0.15, -0.1) is 11.3 Å². The Morgan fingerprint density at radius 3 is 3.09 bits per heavy atom. The fourth-order valence-electron chi connectivity index (χ4n) is 2.93. The molecule has 2 heterocycles. The predicted octanol–water partition coefficient (Wildman–Crippen LogP) is 2.59. The summed E-state index contributed by atoms with van der Waals surface area (Å²) >= 11 is 1.69. The van der Waals surface area contributed by atoms with Gasteiger partial charge in [0, 0.05) is 30.6 Å². The molecule has 0 radical (unpaired) electrons. The van der Waals surface area contributed by atoms with E-state index < -0.39 is 12.3 Å². The number of hydrogen-bond acceptors (Lipinski definition) is 4. The first kappa shape index (κ1) is 16.9. The molecule has 0 aromatic carbocycles. The third kappa shape index (κ3) is 4.99. The van der Waals surface area contributed by atoms with Crippen LogP contribution in [-0.2, 0) is 16.1 Å². The van der Waals surface area contributed by atoms with Gasteiger partial charge in [0.15, 0.2) is 0 Å². The fraction of sp³-hybridized carbons (Fsp3) is 0.706. The van der Waals surface area contributed by atoms with Crippen LogP contribution in [0.5, 0.6) is 0 Å². The van der Waals surface area contributed by atoms with Gasteiger partial charge < -0.3 is 10.1 Å². The zero-order chi connectivity index (χ0) is 16.2. The second kappa shape index (κ2) is 7.73. The van der Waals surface area contributed by atoms with Crippen LogP contribution >= 0.6 is 11.3 Å². The summed E-state index contributed by atoms with van der Waals surface area (Å²) in [6.45, 7) is 4.16. The summed E-state index contributed by atoms with van der Waals surface area (Å²) in [7, 11) is 0. The number of nitrogens with zero attached hydrogens (tertiary/aromatic N) is 1. The van der Waals surface area contributed by atoms with Crippen molar-refractivity contribution in [3.8, 4) is 0 Å². The Morgan fingerprint density at radius 1 is 1.57 bits per heavy atom. The number of rotatable bonds is 8. The standard InChI is InChI=1S/C17H25FN2O2S/c1-12(22-11-13-4-5-13)17(21)19-8-15-7-14(18)9-20(15)10-16-3-2-6-23-16/h2-3,6,12-15H,4-5,7-11H2,1H3,(H,19,21)/t12-,14-,15-/m0/s1. The van der Waals surface area contributed by atoms with E-state index in [0.29, 0.717) is 32.0 Å². The molecule has 0 bridgehead atoms. The number of alkyl halides is 1. The van der Waals surface area contributed by atoms with Crippen LogP contribution < -0.4 is 5.32 Å². The van der Waals surface area contributed by atoms with Crippen molar-refractivity contribution in [1.29, 1.82) is 0 Å². The molecule has 2 fully saturated rings. The van der Waals surface area contributed by atoms with E-state index in [1.165, 1.54) is 17.7 Å². The molecule has 1 aliphatic carbocycles. The monoisotopic (exact) mass is 340 g/mol. The SMILES string of the molecule is C[C@H](OCC1CC1)C(=O)NC[C@@H]1C[C@H](F)CN1Cc1cccs1. The van der Waals surface area contributed by atoms with E-state index in [0.717, 1.165) is 6.54 Å². The van der Waals surface area contributed by atoms with Crippen molar-refractivity contribution in [2.45, 2.75) is 51.0 Å². The van der Waals surface area contributed by atoms with Crippen LogP contribution in [0.1, 0.15) is 31.1 Å². The van der Waals surface area contributed by atoms with Crippen molar-refractivity contribution in [2.24, 2.45) is 5.92 Å². The second-order valence-electron chi connectivity index (χ2n) is 6.66. The van der Waals surface area contributed by atoms with Crippen molar-refractivity contribution in [1.82, 2.24) is 10.2 Å². The number of amides is 1. The average molecular weight is 340 g/mol. The normalized spacial score (nSPS) is 26.3. The maximum Gasteiger partial charge on any atom is 0.248 e. The lowest BCUT2D eigenvalue weighted by Gasteiger charge is -2.24. The first-order chi connectivity index (χ1) is 11.1. The highest BCUT2D eigenvalue weighted by atomic mass is 32.1. The minimum atomic E-state index is -0.805. The van der Waals surface area contributed by atoms with Gasteiger partial charge in [-0.3, -0.25) is 9.69 Å². The highest BCUT2D eigenvalue weighted by Gasteiger charge is 2.32. The van der Waals surface area contributed by atoms with E-state index in [4.69, 9.17) is 4.74 Å². The molecular weight excluding hydrogens is 315 g/mol. The number of halogens is 1. The molecule has 3 atom stereocenters. The van der Waals surface area contributed by atoms with Crippen LogP contribution in [0.15, 0.2) is 17.5 Å². The van der Waals surface area contributed by atoms with Gasteiger partial charge in [0.05, 0.1) is 6.61 Å². The topological polar surface area (TPSA) is 41.6 Å². The molecule has 23 heavy (non-hydrogen) atoms. The van der Waals surface area contributed by atoms with Crippen molar-refractivity contribution < 1.29 is 13.9 Å². The van der Waals surface area contributed by atoms with Crippen LogP contribution in [-0.4, -0.2) is 48.8 Å². The molecule has 1 aromatic rings. The molecule has 4 nitrogen and oxygen atoms in total. The number of ether oxygens (including phenoxy) is 1. The fourth-order valence-corrected chi connectivity index (χ4v) is 3.66. The van der Waals surface area contributed by atoms with Gasteiger partial charge >= 0.3 is 0 Å². The van der Waals surface area contributed by atoms with Crippen molar-refractivity contribution in [2.75, 3.05) is 19.7 Å². The van der Waals surface area contributed by atoms with Crippen molar-refractivity contribution in [3.63, 3.8) is 0 Å². The van der Waals surface area contributed by atoms with Crippen LogP contribution in [0.2, 0.25) is 0 Å². The quantitative estimate of drug-likeness (QED) is 0.791. The summed E-state index contributed by atoms with van der Waals surface area (Å²) in [5.74, 6) is 0.553. The molecule has 6 heteroatoms. The Hall–Kier alpha value is -0.980. The summed E-state index contributed by atoms with van der Waals surface area (Å²) in [4.78, 5) is 15.5. The van der Waals surface area contributed by atoms with Gasteiger partial charge in [0.2, 0.25) is 5.91 Å². The molecule has 1 N–H and O–H groups in total. The molecule has 1 saturated carbocycles. The van der Waals surface area contributed by atoms with Crippen molar-refractivity contribution in [3.05, 3.63) is 22.4 Å². The molecule has 0 spiro atoms. The van der Waals surface area contributed by atoms with E-state index in [1.54, 1.807) is 18.3 Å². The molecule has 128 valence electrons. The number of carbonyl (C=O) groups excluding carboxylic acids is 1. The van der Waals surface area contributed by atoms with Crippen LogP contribution in [0, 0.1) is 5.92 Å². The predicted molar refractivity (Wildman–Crippen MR) is 89.2 cm³/mol. The summed E-state index contributed by atoms with van der Waals surface area (Å²) < 4.78 is 19.4. The molecular formula is C17H25FN2O2S. The molecule has 2 aliphatic rings. The van der Waals surface area contributed by atoms with Crippen LogP contribution in [0.4, 0.5) is 4.39 Å². The number of likely N-dealkylation sites (tertiary alicyclic amines) is 1. The smallest absolute Gasteiger partial charge is 0.248 e.